The number of carbonyl (C=O) groups is 2. The lowest BCUT2D eigenvalue weighted by Gasteiger charge is -2.24. The zero-order valence-electron chi connectivity index (χ0n) is 12.3. The van der Waals surface area contributed by atoms with E-state index in [2.05, 4.69) is 10.3 Å². The highest BCUT2D eigenvalue weighted by Gasteiger charge is 2.30. The zero-order chi connectivity index (χ0) is 16.7. The van der Waals surface area contributed by atoms with E-state index in [-0.39, 0.29) is 29.8 Å². The Balaban J connectivity index is 2.25. The first-order valence-corrected chi connectivity index (χ1v) is 6.98. The fourth-order valence-electron chi connectivity index (χ4n) is 2.83. The molecular weight excluding hydrogens is 298 g/mol. The summed E-state index contributed by atoms with van der Waals surface area (Å²) in [4.78, 5) is 40.4. The van der Waals surface area contributed by atoms with Crippen LogP contribution in [-0.2, 0) is 9.59 Å². The molecule has 2 amide bonds. The number of nitriles is 1. The van der Waals surface area contributed by atoms with Crippen molar-refractivity contribution in [3.8, 4) is 6.07 Å². The van der Waals surface area contributed by atoms with E-state index >= 15 is 0 Å². The normalized spacial score (nSPS) is 17.8. The van der Waals surface area contributed by atoms with E-state index in [1.165, 1.54) is 16.7 Å². The molecule has 8 heteroatoms. The summed E-state index contributed by atoms with van der Waals surface area (Å²) in [7, 11) is 0. The largest absolute Gasteiger partial charge is 0.398 e. The highest BCUT2D eigenvalue weighted by molar-refractivity contribution is 5.99. The molecule has 1 aromatic heterocycles. The summed E-state index contributed by atoms with van der Waals surface area (Å²) in [6, 6.07) is 4.04. The number of nitrogens with two attached hydrogens (primary N) is 1. The average Bonchev–Trinajstić information content (AvgIpc) is 2.48. The molecule has 2 aromatic rings. The number of aromatic nitrogens is 2. The van der Waals surface area contributed by atoms with Gasteiger partial charge in [-0.05, 0) is 25.5 Å². The van der Waals surface area contributed by atoms with Gasteiger partial charge in [-0.15, -0.1) is 0 Å². The Morgan fingerprint density at radius 3 is 2.78 bits per heavy atom. The van der Waals surface area contributed by atoms with Gasteiger partial charge in [0.2, 0.25) is 11.8 Å². The number of imide groups is 1. The van der Waals surface area contributed by atoms with E-state index in [1.807, 2.05) is 6.07 Å². The van der Waals surface area contributed by atoms with Gasteiger partial charge in [-0.3, -0.25) is 24.3 Å². The Morgan fingerprint density at radius 1 is 1.39 bits per heavy atom. The lowest BCUT2D eigenvalue weighted by Crippen LogP contribution is -2.45. The SMILES string of the molecule is Cc1nc2cc(C#N)cc(N)c2c(=O)n1C1CCC(=O)NC1=O. The number of nitrogens with zero attached hydrogens (tertiary/aromatic N) is 3. The minimum Gasteiger partial charge on any atom is -0.398 e. The number of nitrogen functional groups attached to an aromatic ring is 1. The van der Waals surface area contributed by atoms with Crippen LogP contribution in [0.4, 0.5) is 5.69 Å². The molecule has 0 spiro atoms. The van der Waals surface area contributed by atoms with Crippen LogP contribution in [-0.4, -0.2) is 21.4 Å². The van der Waals surface area contributed by atoms with Crippen LogP contribution < -0.4 is 16.6 Å². The van der Waals surface area contributed by atoms with E-state index < -0.39 is 17.5 Å². The number of hydrogen-bond acceptors (Lipinski definition) is 6. The third kappa shape index (κ3) is 2.32. The molecule has 23 heavy (non-hydrogen) atoms. The number of amides is 2. The van der Waals surface area contributed by atoms with Crippen molar-refractivity contribution in [3.05, 3.63) is 33.9 Å². The molecule has 1 atom stereocenters. The van der Waals surface area contributed by atoms with Crippen molar-refractivity contribution < 1.29 is 9.59 Å². The number of aryl methyl sites for hydroxylation is 1. The predicted molar refractivity (Wildman–Crippen MR) is 81.3 cm³/mol. The maximum Gasteiger partial charge on any atom is 0.264 e. The van der Waals surface area contributed by atoms with Gasteiger partial charge in [-0.2, -0.15) is 5.26 Å². The predicted octanol–water partition coefficient (Wildman–Crippen LogP) is 0.136. The van der Waals surface area contributed by atoms with Gasteiger partial charge in [-0.25, -0.2) is 4.98 Å². The lowest BCUT2D eigenvalue weighted by atomic mass is 10.0. The van der Waals surface area contributed by atoms with Crippen LogP contribution in [0.3, 0.4) is 0 Å². The van der Waals surface area contributed by atoms with Crippen LogP contribution in [0.1, 0.15) is 30.3 Å². The monoisotopic (exact) mass is 311 g/mol. The minimum atomic E-state index is -0.799. The maximum absolute atomic E-state index is 12.8. The molecule has 0 bridgehead atoms. The Labute approximate surface area is 130 Å². The smallest absolute Gasteiger partial charge is 0.264 e. The molecule has 2 heterocycles. The number of rotatable bonds is 1. The molecule has 8 nitrogen and oxygen atoms in total. The molecule has 0 radical (unpaired) electrons. The Bertz CT molecular complexity index is 954. The molecule has 1 aliphatic rings. The number of hydrogen-bond donors (Lipinski definition) is 2. The number of benzene rings is 1. The molecule has 116 valence electrons. The first-order valence-electron chi connectivity index (χ1n) is 6.98. The van der Waals surface area contributed by atoms with Gasteiger partial charge < -0.3 is 5.73 Å². The maximum atomic E-state index is 12.8. The Hall–Kier alpha value is -3.21. The Morgan fingerprint density at radius 2 is 2.13 bits per heavy atom. The van der Waals surface area contributed by atoms with Crippen molar-refractivity contribution in [2.75, 3.05) is 5.73 Å². The zero-order valence-corrected chi connectivity index (χ0v) is 12.3. The fraction of sp³-hybridized carbons (Fsp3) is 0.267. The molecule has 1 aromatic carbocycles. The highest BCUT2D eigenvalue weighted by Crippen LogP contribution is 2.23. The van der Waals surface area contributed by atoms with Crippen molar-refractivity contribution >= 4 is 28.4 Å². The van der Waals surface area contributed by atoms with Gasteiger partial charge in [0, 0.05) is 12.1 Å². The van der Waals surface area contributed by atoms with E-state index in [0.29, 0.717) is 16.9 Å². The van der Waals surface area contributed by atoms with E-state index in [4.69, 9.17) is 11.0 Å². The van der Waals surface area contributed by atoms with Crippen LogP contribution in [0.5, 0.6) is 0 Å². The van der Waals surface area contributed by atoms with Gasteiger partial charge in [0.25, 0.3) is 5.56 Å². The second-order valence-electron chi connectivity index (χ2n) is 5.37. The minimum absolute atomic E-state index is 0.137. The third-order valence-corrected chi connectivity index (χ3v) is 3.86. The average molecular weight is 311 g/mol. The molecule has 0 aliphatic carbocycles. The number of anilines is 1. The fourth-order valence-corrected chi connectivity index (χ4v) is 2.83. The summed E-state index contributed by atoms with van der Waals surface area (Å²) in [5, 5.41) is 11.4. The third-order valence-electron chi connectivity index (χ3n) is 3.86. The van der Waals surface area contributed by atoms with Gasteiger partial charge in [0.05, 0.1) is 22.5 Å². The summed E-state index contributed by atoms with van der Waals surface area (Å²) in [5.74, 6) is -0.560. The molecule has 3 N–H and O–H groups in total. The molecule has 0 saturated carbocycles. The van der Waals surface area contributed by atoms with Crippen molar-refractivity contribution in [1.29, 1.82) is 5.26 Å². The topological polar surface area (TPSA) is 131 Å². The van der Waals surface area contributed by atoms with E-state index in [1.54, 1.807) is 6.92 Å². The summed E-state index contributed by atoms with van der Waals surface area (Å²) in [5.41, 5.74) is 6.18. The quantitative estimate of drug-likeness (QED) is 0.569. The number of piperidine rings is 1. The van der Waals surface area contributed by atoms with Crippen LogP contribution in [0.2, 0.25) is 0 Å². The molecule has 3 rings (SSSR count). The second-order valence-corrected chi connectivity index (χ2v) is 5.37. The molecule has 1 aliphatic heterocycles. The number of nitrogens with one attached hydrogen (secondary N) is 1. The van der Waals surface area contributed by atoms with Crippen molar-refractivity contribution in [3.63, 3.8) is 0 Å². The van der Waals surface area contributed by atoms with Crippen LogP contribution >= 0.6 is 0 Å². The first-order chi connectivity index (χ1) is 10.9. The van der Waals surface area contributed by atoms with Crippen LogP contribution in [0, 0.1) is 18.3 Å². The summed E-state index contributed by atoms with van der Waals surface area (Å²) in [6.45, 7) is 1.60. The van der Waals surface area contributed by atoms with Crippen LogP contribution in [0.25, 0.3) is 10.9 Å². The Kier molecular flexibility index (Phi) is 3.33. The number of carbonyl (C=O) groups excluding carboxylic acids is 2. The molecule has 1 saturated heterocycles. The molecule has 1 fully saturated rings. The lowest BCUT2D eigenvalue weighted by molar-refractivity contribution is -0.135. The van der Waals surface area contributed by atoms with E-state index in [0.717, 1.165) is 0 Å². The van der Waals surface area contributed by atoms with Crippen molar-refractivity contribution in [2.24, 2.45) is 0 Å². The number of fused-ring (bicyclic) bond motifs is 1. The van der Waals surface area contributed by atoms with Gasteiger partial charge in [-0.1, -0.05) is 0 Å². The molecular formula is C15H13N5O3. The highest BCUT2D eigenvalue weighted by atomic mass is 16.2. The van der Waals surface area contributed by atoms with E-state index in [9.17, 15) is 14.4 Å². The van der Waals surface area contributed by atoms with Gasteiger partial charge >= 0.3 is 0 Å². The second kappa shape index (κ2) is 5.21. The van der Waals surface area contributed by atoms with Gasteiger partial charge in [0.1, 0.15) is 11.9 Å². The van der Waals surface area contributed by atoms with Crippen molar-refractivity contribution in [1.82, 2.24) is 14.9 Å². The summed E-state index contributed by atoms with van der Waals surface area (Å²) in [6.07, 6.45) is 0.387. The van der Waals surface area contributed by atoms with Gasteiger partial charge in [0.15, 0.2) is 0 Å². The summed E-state index contributed by atoms with van der Waals surface area (Å²) < 4.78 is 1.26. The summed E-state index contributed by atoms with van der Waals surface area (Å²) >= 11 is 0. The van der Waals surface area contributed by atoms with Crippen LogP contribution in [0.15, 0.2) is 16.9 Å². The standard InChI is InChI=1S/C15H13N5O3/c1-7-18-10-5-8(6-16)4-9(17)13(10)15(23)20(7)11-2-3-12(21)19-14(11)22/h4-5,11H,2-3,17H2,1H3,(H,19,21,22). The first kappa shape index (κ1) is 14.7. The molecule has 1 unspecified atom stereocenters. The van der Waals surface area contributed by atoms with Crippen molar-refractivity contribution in [2.45, 2.75) is 25.8 Å².